The van der Waals surface area contributed by atoms with Crippen molar-refractivity contribution in [1.82, 2.24) is 0 Å². The molecule has 25 heavy (non-hydrogen) atoms. The Bertz CT molecular complexity index is 836. The second-order valence-electron chi connectivity index (χ2n) is 6.38. The summed E-state index contributed by atoms with van der Waals surface area (Å²) in [6.07, 6.45) is 5.58. The summed E-state index contributed by atoms with van der Waals surface area (Å²) in [6.45, 7) is 5.55. The van der Waals surface area contributed by atoms with Gasteiger partial charge in [0, 0.05) is 11.8 Å². The van der Waals surface area contributed by atoms with E-state index in [1.54, 1.807) is 25.1 Å². The number of benzene rings is 1. The normalized spacial score (nSPS) is 28.8. The molecule has 0 saturated heterocycles. The molecule has 130 valence electrons. The van der Waals surface area contributed by atoms with Gasteiger partial charge in [-0.1, -0.05) is 40.7 Å². The Morgan fingerprint density at radius 2 is 2.12 bits per heavy atom. The number of ketones is 2. The van der Waals surface area contributed by atoms with Crippen LogP contribution in [0.5, 0.6) is 11.5 Å². The average Bonchev–Trinajstić information content (AvgIpc) is 2.60. The second kappa shape index (κ2) is 6.30. The number of hydrogen-bond acceptors (Lipinski definition) is 4. The number of carbonyl (C=O) groups excluding carboxylic acids is 2. The van der Waals surface area contributed by atoms with Gasteiger partial charge in [-0.25, -0.2) is 0 Å². The van der Waals surface area contributed by atoms with Crippen LogP contribution >= 0.6 is 15.9 Å². The van der Waals surface area contributed by atoms with E-state index in [0.29, 0.717) is 17.7 Å². The monoisotopic (exact) mass is 402 g/mol. The lowest BCUT2D eigenvalue weighted by Crippen LogP contribution is -2.52. The van der Waals surface area contributed by atoms with Crippen LogP contribution in [-0.4, -0.2) is 28.1 Å². The van der Waals surface area contributed by atoms with Gasteiger partial charge in [-0.15, -0.1) is 0 Å². The number of hydrogen-bond donors (Lipinski definition) is 1. The maximum absolute atomic E-state index is 13.0. The number of halogens is 1. The topological polar surface area (TPSA) is 63.6 Å². The number of allylic oxidation sites excluding steroid dienone is 5. The van der Waals surface area contributed by atoms with Gasteiger partial charge in [0.1, 0.15) is 4.32 Å². The summed E-state index contributed by atoms with van der Waals surface area (Å²) < 4.78 is 4.14. The molecule has 0 spiro atoms. The van der Waals surface area contributed by atoms with Crippen LogP contribution in [-0.2, 0) is 9.59 Å². The van der Waals surface area contributed by atoms with Crippen LogP contribution in [0.15, 0.2) is 54.2 Å². The van der Waals surface area contributed by atoms with E-state index >= 15 is 0 Å². The largest absolute Gasteiger partial charge is 0.504 e. The van der Waals surface area contributed by atoms with Gasteiger partial charge in [0.05, 0.1) is 7.11 Å². The smallest absolute Gasteiger partial charge is 0.174 e. The Labute approximate surface area is 155 Å². The van der Waals surface area contributed by atoms with E-state index in [4.69, 9.17) is 4.74 Å². The molecule has 3 rings (SSSR count). The number of Topliss-reactive ketones (excluding diaryl/α,β-unsaturated/α-hetero) is 1. The first-order valence-corrected chi connectivity index (χ1v) is 8.79. The van der Waals surface area contributed by atoms with Gasteiger partial charge < -0.3 is 9.84 Å². The average molecular weight is 403 g/mol. The lowest BCUT2D eigenvalue weighted by Gasteiger charge is -2.45. The van der Waals surface area contributed by atoms with Crippen LogP contribution < -0.4 is 4.74 Å². The van der Waals surface area contributed by atoms with Crippen molar-refractivity contribution in [1.29, 1.82) is 0 Å². The molecule has 4 nitrogen and oxygen atoms in total. The molecule has 0 saturated carbocycles. The third-order valence-corrected chi connectivity index (χ3v) is 6.45. The molecule has 0 bridgehead atoms. The summed E-state index contributed by atoms with van der Waals surface area (Å²) in [5.41, 5.74) is 2.13. The molecule has 0 fully saturated rings. The number of ether oxygens (including phenoxy) is 1. The second-order valence-corrected chi connectivity index (χ2v) is 7.70. The molecule has 3 atom stereocenters. The molecule has 2 aliphatic carbocycles. The SMILES string of the molecule is C=CC1=CC[C@H]2C(=O)C(C)=CC(=O)[C@@]2(Br)[C@H]1c1ccc(O)c(OC)c1. The highest BCUT2D eigenvalue weighted by molar-refractivity contribution is 9.10. The van der Waals surface area contributed by atoms with E-state index in [9.17, 15) is 14.7 Å². The molecule has 1 aromatic rings. The van der Waals surface area contributed by atoms with Crippen LogP contribution in [0.3, 0.4) is 0 Å². The van der Waals surface area contributed by atoms with Crippen molar-refractivity contribution in [3.8, 4) is 11.5 Å². The molecular weight excluding hydrogens is 384 g/mol. The molecule has 5 heteroatoms. The standard InChI is InChI=1S/C20H19BrO4/c1-4-12-5-7-14-19(24)11(2)9-17(23)20(14,21)18(12)13-6-8-15(22)16(10-13)25-3/h4-6,8-10,14,18,22H,1,7H2,2-3H3/t14-,18+,20+/m0/s1. The van der Waals surface area contributed by atoms with Crippen LogP contribution in [0.2, 0.25) is 0 Å². The third kappa shape index (κ3) is 2.58. The van der Waals surface area contributed by atoms with E-state index < -0.39 is 16.2 Å². The Kier molecular flexibility index (Phi) is 4.45. The van der Waals surface area contributed by atoms with Gasteiger partial charge in [0.25, 0.3) is 0 Å². The van der Waals surface area contributed by atoms with E-state index in [1.165, 1.54) is 19.3 Å². The third-order valence-electron chi connectivity index (χ3n) is 5.05. The van der Waals surface area contributed by atoms with Crippen molar-refractivity contribution in [2.24, 2.45) is 5.92 Å². The van der Waals surface area contributed by atoms with Crippen molar-refractivity contribution >= 4 is 27.5 Å². The Hall–Kier alpha value is -2.14. The van der Waals surface area contributed by atoms with Crippen LogP contribution in [0.4, 0.5) is 0 Å². The number of phenolic OH excluding ortho intramolecular Hbond substituents is 1. The number of aromatic hydroxyl groups is 1. The highest BCUT2D eigenvalue weighted by atomic mass is 79.9. The minimum absolute atomic E-state index is 0.0214. The fraction of sp³-hybridized carbons (Fsp3) is 0.300. The molecule has 0 aliphatic heterocycles. The molecule has 0 amide bonds. The Balaban J connectivity index is 2.22. The van der Waals surface area contributed by atoms with E-state index in [0.717, 1.165) is 11.1 Å². The number of carbonyl (C=O) groups is 2. The molecule has 0 radical (unpaired) electrons. The zero-order valence-corrected chi connectivity index (χ0v) is 15.7. The molecule has 0 heterocycles. The van der Waals surface area contributed by atoms with Gasteiger partial charge in [-0.2, -0.15) is 0 Å². The minimum atomic E-state index is -1.07. The zero-order chi connectivity index (χ0) is 18.4. The van der Waals surface area contributed by atoms with Gasteiger partial charge in [-0.3, -0.25) is 9.59 Å². The van der Waals surface area contributed by atoms with Gasteiger partial charge in [0.2, 0.25) is 0 Å². The predicted molar refractivity (Wildman–Crippen MR) is 99.2 cm³/mol. The summed E-state index contributed by atoms with van der Waals surface area (Å²) in [6, 6.07) is 4.98. The summed E-state index contributed by atoms with van der Waals surface area (Å²) in [5.74, 6) is -0.684. The van der Waals surface area contributed by atoms with E-state index in [2.05, 4.69) is 22.5 Å². The lowest BCUT2D eigenvalue weighted by atomic mass is 9.63. The van der Waals surface area contributed by atoms with E-state index in [-0.39, 0.29) is 17.3 Å². The molecule has 0 aromatic heterocycles. The maximum Gasteiger partial charge on any atom is 0.174 e. The molecule has 1 N–H and O–H groups in total. The first-order valence-electron chi connectivity index (χ1n) is 7.99. The van der Waals surface area contributed by atoms with Crippen molar-refractivity contribution in [2.45, 2.75) is 23.6 Å². The molecular formula is C20H19BrO4. The fourth-order valence-corrected chi connectivity index (χ4v) is 4.80. The van der Waals surface area contributed by atoms with Crippen LogP contribution in [0, 0.1) is 5.92 Å². The first kappa shape index (κ1) is 17.7. The van der Waals surface area contributed by atoms with E-state index in [1.807, 2.05) is 6.08 Å². The minimum Gasteiger partial charge on any atom is -0.504 e. The van der Waals surface area contributed by atoms with Crippen molar-refractivity contribution in [3.63, 3.8) is 0 Å². The molecule has 1 aromatic carbocycles. The number of phenols is 1. The lowest BCUT2D eigenvalue weighted by molar-refractivity contribution is -0.128. The number of rotatable bonds is 3. The summed E-state index contributed by atoms with van der Waals surface area (Å²) >= 11 is 3.65. The quantitative estimate of drug-likeness (QED) is 0.779. The first-order chi connectivity index (χ1) is 11.8. The van der Waals surface area contributed by atoms with Crippen molar-refractivity contribution in [3.05, 3.63) is 59.7 Å². The van der Waals surface area contributed by atoms with Crippen LogP contribution in [0.1, 0.15) is 24.8 Å². The predicted octanol–water partition coefficient (Wildman–Crippen LogP) is 3.85. The number of fused-ring (bicyclic) bond motifs is 1. The summed E-state index contributed by atoms with van der Waals surface area (Å²) in [7, 11) is 1.47. The fourth-order valence-electron chi connectivity index (χ4n) is 3.76. The molecule has 0 unspecified atom stereocenters. The van der Waals surface area contributed by atoms with Crippen molar-refractivity contribution < 1.29 is 19.4 Å². The Morgan fingerprint density at radius 3 is 2.76 bits per heavy atom. The maximum atomic E-state index is 13.0. The zero-order valence-electron chi connectivity index (χ0n) is 14.1. The highest BCUT2D eigenvalue weighted by Crippen LogP contribution is 2.54. The summed E-state index contributed by atoms with van der Waals surface area (Å²) in [5, 5.41) is 9.88. The Morgan fingerprint density at radius 1 is 1.40 bits per heavy atom. The highest BCUT2D eigenvalue weighted by Gasteiger charge is 2.56. The van der Waals surface area contributed by atoms with Gasteiger partial charge in [-0.05, 0) is 48.3 Å². The number of methoxy groups -OCH3 is 1. The summed E-state index contributed by atoms with van der Waals surface area (Å²) in [4.78, 5) is 25.6. The van der Waals surface area contributed by atoms with Gasteiger partial charge >= 0.3 is 0 Å². The molecule has 2 aliphatic rings. The number of alkyl halides is 1. The van der Waals surface area contributed by atoms with Gasteiger partial charge in [0.15, 0.2) is 23.1 Å². The van der Waals surface area contributed by atoms with Crippen LogP contribution in [0.25, 0.3) is 0 Å². The van der Waals surface area contributed by atoms with Crippen molar-refractivity contribution in [2.75, 3.05) is 7.11 Å².